The van der Waals surface area contributed by atoms with Crippen LogP contribution in [0, 0.1) is 13.8 Å². The molecule has 180 valence electrons. The summed E-state index contributed by atoms with van der Waals surface area (Å²) < 4.78 is 5.30. The van der Waals surface area contributed by atoms with Gasteiger partial charge < -0.3 is 20.3 Å². The normalized spacial score (nSPS) is 13.3. The number of nitrogens with one attached hydrogen (secondary N) is 2. The molecule has 7 nitrogen and oxygen atoms in total. The predicted molar refractivity (Wildman–Crippen MR) is 131 cm³/mol. The summed E-state index contributed by atoms with van der Waals surface area (Å²) in [4.78, 5) is 40.7. The van der Waals surface area contributed by atoms with Crippen LogP contribution < -0.4 is 10.6 Å². The van der Waals surface area contributed by atoms with E-state index in [0.29, 0.717) is 13.0 Å². The van der Waals surface area contributed by atoms with Crippen molar-refractivity contribution in [2.45, 2.75) is 85.5 Å². The van der Waals surface area contributed by atoms with Crippen LogP contribution in [0.1, 0.15) is 70.7 Å². The van der Waals surface area contributed by atoms with Gasteiger partial charge in [-0.2, -0.15) is 12.6 Å². The van der Waals surface area contributed by atoms with Gasteiger partial charge in [-0.1, -0.05) is 36.2 Å². The van der Waals surface area contributed by atoms with Gasteiger partial charge in [-0.3, -0.25) is 9.59 Å². The lowest BCUT2D eigenvalue weighted by molar-refractivity contribution is -0.142. The number of benzene rings is 1. The molecule has 1 aromatic carbocycles. The lowest BCUT2D eigenvalue weighted by Gasteiger charge is -2.34. The molecular formula is C24H39N3O4S. The van der Waals surface area contributed by atoms with Gasteiger partial charge in [0.05, 0.1) is 0 Å². The van der Waals surface area contributed by atoms with E-state index in [1.807, 2.05) is 52.8 Å². The van der Waals surface area contributed by atoms with Crippen molar-refractivity contribution in [2.24, 2.45) is 0 Å². The first-order valence-electron chi connectivity index (χ1n) is 11.1. The molecule has 8 heteroatoms. The topological polar surface area (TPSA) is 87.7 Å². The van der Waals surface area contributed by atoms with Gasteiger partial charge in [-0.25, -0.2) is 4.79 Å². The van der Waals surface area contributed by atoms with Crippen molar-refractivity contribution in [3.8, 4) is 0 Å². The minimum Gasteiger partial charge on any atom is -0.444 e. The van der Waals surface area contributed by atoms with E-state index in [1.54, 1.807) is 20.8 Å². The molecule has 2 N–H and O–H groups in total. The SMILES string of the molecule is CCCN(C(=O)C(CS)NC(=O)OC(C)(C)C)C(C(=O)NC(C)C)c1cc(C)cc(C)c1. The fraction of sp³-hybridized carbons (Fsp3) is 0.625. The highest BCUT2D eigenvalue weighted by Gasteiger charge is 2.35. The second kappa shape index (κ2) is 12.1. The van der Waals surface area contributed by atoms with E-state index >= 15 is 0 Å². The Balaban J connectivity index is 3.37. The van der Waals surface area contributed by atoms with E-state index in [4.69, 9.17) is 4.74 Å². The van der Waals surface area contributed by atoms with Crippen LogP contribution >= 0.6 is 12.6 Å². The van der Waals surface area contributed by atoms with Crippen molar-refractivity contribution in [3.63, 3.8) is 0 Å². The van der Waals surface area contributed by atoms with Gasteiger partial charge >= 0.3 is 6.09 Å². The average Bonchev–Trinajstić information content (AvgIpc) is 2.62. The zero-order valence-electron chi connectivity index (χ0n) is 20.6. The van der Waals surface area contributed by atoms with Crippen LogP contribution in [-0.4, -0.2) is 52.8 Å². The van der Waals surface area contributed by atoms with E-state index in [2.05, 4.69) is 23.3 Å². The average molecular weight is 466 g/mol. The number of aryl methyl sites for hydroxylation is 2. The molecule has 2 atom stereocenters. The van der Waals surface area contributed by atoms with Crippen LogP contribution in [-0.2, 0) is 14.3 Å². The monoisotopic (exact) mass is 465 g/mol. The fourth-order valence-corrected chi connectivity index (χ4v) is 3.69. The molecule has 3 amide bonds. The predicted octanol–water partition coefficient (Wildman–Crippen LogP) is 3.93. The Morgan fingerprint density at radius 3 is 2.06 bits per heavy atom. The molecule has 0 aromatic heterocycles. The van der Waals surface area contributed by atoms with Gasteiger partial charge in [0, 0.05) is 18.3 Å². The summed E-state index contributed by atoms with van der Waals surface area (Å²) in [5, 5.41) is 5.55. The Labute approximate surface area is 198 Å². The summed E-state index contributed by atoms with van der Waals surface area (Å²) in [6, 6.07) is 4.02. The smallest absolute Gasteiger partial charge is 0.408 e. The number of hydrogen-bond donors (Lipinski definition) is 3. The van der Waals surface area contributed by atoms with Gasteiger partial charge in [-0.05, 0) is 60.5 Å². The molecule has 0 aliphatic rings. The molecule has 0 saturated carbocycles. The van der Waals surface area contributed by atoms with Crippen molar-refractivity contribution >= 4 is 30.5 Å². The van der Waals surface area contributed by atoms with E-state index < -0.39 is 23.8 Å². The molecule has 0 aliphatic heterocycles. The summed E-state index contributed by atoms with van der Waals surface area (Å²) >= 11 is 4.28. The quantitative estimate of drug-likeness (QED) is 0.482. The Morgan fingerprint density at radius 1 is 1.06 bits per heavy atom. The number of carbonyl (C=O) groups excluding carboxylic acids is 3. The number of hydrogen-bond acceptors (Lipinski definition) is 5. The van der Waals surface area contributed by atoms with Crippen molar-refractivity contribution in [3.05, 3.63) is 34.9 Å². The van der Waals surface area contributed by atoms with Crippen molar-refractivity contribution < 1.29 is 19.1 Å². The maximum Gasteiger partial charge on any atom is 0.408 e. The van der Waals surface area contributed by atoms with Gasteiger partial charge in [0.2, 0.25) is 11.8 Å². The Kier molecular flexibility index (Phi) is 10.5. The molecule has 2 unspecified atom stereocenters. The number of thiol groups is 1. The van der Waals surface area contributed by atoms with Crippen LogP contribution in [0.2, 0.25) is 0 Å². The van der Waals surface area contributed by atoms with Crippen LogP contribution in [0.5, 0.6) is 0 Å². The largest absolute Gasteiger partial charge is 0.444 e. The number of ether oxygens (including phenoxy) is 1. The molecule has 32 heavy (non-hydrogen) atoms. The van der Waals surface area contributed by atoms with E-state index in [9.17, 15) is 14.4 Å². The molecule has 0 heterocycles. The standard InChI is InChI=1S/C24H39N3O4S/c1-9-10-27(22(29)19(14-32)26-23(30)31-24(6,7)8)20(21(28)25-15(2)3)18-12-16(4)11-17(5)13-18/h11-13,15,19-20,32H,9-10,14H2,1-8H3,(H,25,28)(H,26,30). The van der Waals surface area contributed by atoms with Crippen LogP contribution in [0.25, 0.3) is 0 Å². The van der Waals surface area contributed by atoms with Gasteiger partial charge in [0.25, 0.3) is 0 Å². The first kappa shape index (κ1) is 27.8. The molecule has 0 aliphatic carbocycles. The number of alkyl carbamates (subject to hydrolysis) is 1. The molecule has 0 spiro atoms. The van der Waals surface area contributed by atoms with Gasteiger partial charge in [-0.15, -0.1) is 0 Å². The number of carbonyl (C=O) groups is 3. The van der Waals surface area contributed by atoms with Gasteiger partial charge in [0.1, 0.15) is 17.7 Å². The molecule has 0 saturated heterocycles. The Hall–Kier alpha value is -2.22. The molecule has 1 rings (SSSR count). The highest BCUT2D eigenvalue weighted by molar-refractivity contribution is 7.80. The maximum atomic E-state index is 13.6. The summed E-state index contributed by atoms with van der Waals surface area (Å²) in [6.45, 7) is 15.2. The number of nitrogens with zero attached hydrogens (tertiary/aromatic N) is 1. The summed E-state index contributed by atoms with van der Waals surface area (Å²) in [6.07, 6.45) is -0.0517. The van der Waals surface area contributed by atoms with Crippen LogP contribution in [0.4, 0.5) is 4.79 Å². The fourth-order valence-electron chi connectivity index (χ4n) is 3.45. The molecule has 1 aromatic rings. The zero-order chi connectivity index (χ0) is 24.6. The van der Waals surface area contributed by atoms with E-state index in [0.717, 1.165) is 16.7 Å². The molecular weight excluding hydrogens is 426 g/mol. The minimum atomic E-state index is -0.931. The lowest BCUT2D eigenvalue weighted by Crippen LogP contribution is -2.54. The highest BCUT2D eigenvalue weighted by Crippen LogP contribution is 2.25. The maximum absolute atomic E-state index is 13.6. The minimum absolute atomic E-state index is 0.0731. The third-order valence-corrected chi connectivity index (χ3v) is 4.84. The third-order valence-electron chi connectivity index (χ3n) is 4.47. The van der Waals surface area contributed by atoms with Crippen molar-refractivity contribution in [1.29, 1.82) is 0 Å². The van der Waals surface area contributed by atoms with Gasteiger partial charge in [0.15, 0.2) is 0 Å². The van der Waals surface area contributed by atoms with E-state index in [1.165, 1.54) is 4.90 Å². The summed E-state index contributed by atoms with van der Waals surface area (Å²) in [5.41, 5.74) is 2.04. The number of rotatable bonds is 9. The molecule has 0 bridgehead atoms. The molecule has 0 fully saturated rings. The molecule has 0 radical (unpaired) electrons. The summed E-state index contributed by atoms with van der Waals surface area (Å²) in [7, 11) is 0. The Morgan fingerprint density at radius 2 is 1.62 bits per heavy atom. The summed E-state index contributed by atoms with van der Waals surface area (Å²) in [5.74, 6) is -0.568. The first-order chi connectivity index (χ1) is 14.8. The second-order valence-electron chi connectivity index (χ2n) is 9.40. The Bertz CT molecular complexity index is 785. The van der Waals surface area contributed by atoms with E-state index in [-0.39, 0.29) is 23.6 Å². The number of amides is 3. The third kappa shape index (κ3) is 8.73. The highest BCUT2D eigenvalue weighted by atomic mass is 32.1. The van der Waals surface area contributed by atoms with Crippen molar-refractivity contribution in [2.75, 3.05) is 12.3 Å². The first-order valence-corrected chi connectivity index (χ1v) is 11.7. The van der Waals surface area contributed by atoms with Crippen LogP contribution in [0.3, 0.4) is 0 Å². The second-order valence-corrected chi connectivity index (χ2v) is 9.77. The van der Waals surface area contributed by atoms with Crippen LogP contribution in [0.15, 0.2) is 18.2 Å². The van der Waals surface area contributed by atoms with Crippen molar-refractivity contribution in [1.82, 2.24) is 15.5 Å². The lowest BCUT2D eigenvalue weighted by atomic mass is 9.98. The zero-order valence-corrected chi connectivity index (χ0v) is 21.5.